The molecule has 4 heteroatoms. The lowest BCUT2D eigenvalue weighted by Gasteiger charge is -2.08. The Morgan fingerprint density at radius 1 is 1.62 bits per heavy atom. The van der Waals surface area contributed by atoms with Gasteiger partial charge in [-0.25, -0.2) is 4.98 Å². The normalized spacial score (nSPS) is 18.3. The van der Waals surface area contributed by atoms with Crippen molar-refractivity contribution in [1.29, 1.82) is 0 Å². The molecule has 1 aliphatic carbocycles. The van der Waals surface area contributed by atoms with Crippen LogP contribution in [-0.2, 0) is 10.2 Å². The zero-order valence-corrected chi connectivity index (χ0v) is 9.10. The second-order valence-electron chi connectivity index (χ2n) is 3.27. The first-order chi connectivity index (χ1) is 6.18. The van der Waals surface area contributed by atoms with Crippen molar-refractivity contribution in [3.05, 3.63) is 27.5 Å². The van der Waals surface area contributed by atoms with Crippen LogP contribution in [-0.4, -0.2) is 11.3 Å². The third-order valence-electron chi connectivity index (χ3n) is 2.36. The Morgan fingerprint density at radius 2 is 2.31 bits per heavy atom. The smallest absolute Gasteiger partial charge is 0.133 e. The fourth-order valence-corrected chi connectivity index (χ4v) is 1.98. The van der Waals surface area contributed by atoms with E-state index in [4.69, 9.17) is 11.6 Å². The molecular weight excluding hydrogens is 253 g/mol. The van der Waals surface area contributed by atoms with Gasteiger partial charge < -0.3 is 4.79 Å². The number of halogens is 2. The van der Waals surface area contributed by atoms with E-state index in [2.05, 4.69) is 20.9 Å². The van der Waals surface area contributed by atoms with Gasteiger partial charge in [0.25, 0.3) is 0 Å². The number of aromatic nitrogens is 1. The van der Waals surface area contributed by atoms with Crippen LogP contribution >= 0.6 is 27.5 Å². The molecule has 0 N–H and O–H groups in total. The topological polar surface area (TPSA) is 30.0 Å². The number of carbonyl (C=O) groups excluding carboxylic acids is 1. The molecule has 0 spiro atoms. The molecule has 1 heterocycles. The van der Waals surface area contributed by atoms with Gasteiger partial charge in [-0.2, -0.15) is 0 Å². The Balaban J connectivity index is 2.50. The molecule has 1 aromatic heterocycles. The van der Waals surface area contributed by atoms with Crippen LogP contribution in [0, 0.1) is 0 Å². The summed E-state index contributed by atoms with van der Waals surface area (Å²) in [4.78, 5) is 14.8. The van der Waals surface area contributed by atoms with E-state index in [0.717, 1.165) is 29.2 Å². The third kappa shape index (κ3) is 1.51. The molecule has 0 saturated heterocycles. The van der Waals surface area contributed by atoms with Crippen LogP contribution < -0.4 is 0 Å². The Bertz CT molecular complexity index is 363. The van der Waals surface area contributed by atoms with E-state index in [9.17, 15) is 4.79 Å². The first kappa shape index (κ1) is 9.16. The third-order valence-corrected chi connectivity index (χ3v) is 3.09. The largest absolute Gasteiger partial charge is 0.302 e. The molecule has 13 heavy (non-hydrogen) atoms. The van der Waals surface area contributed by atoms with E-state index in [0.29, 0.717) is 5.15 Å². The fourth-order valence-electron chi connectivity index (χ4n) is 1.36. The molecule has 2 rings (SSSR count). The summed E-state index contributed by atoms with van der Waals surface area (Å²) in [5.41, 5.74) is 0.506. The number of pyridine rings is 1. The molecule has 1 fully saturated rings. The van der Waals surface area contributed by atoms with Crippen LogP contribution in [0.1, 0.15) is 18.4 Å². The molecule has 68 valence electrons. The predicted octanol–water partition coefficient (Wildman–Crippen LogP) is 2.73. The zero-order valence-electron chi connectivity index (χ0n) is 6.76. The molecule has 1 saturated carbocycles. The van der Waals surface area contributed by atoms with Crippen molar-refractivity contribution in [2.24, 2.45) is 0 Å². The van der Waals surface area contributed by atoms with Gasteiger partial charge >= 0.3 is 0 Å². The number of hydrogen-bond acceptors (Lipinski definition) is 2. The molecule has 0 amide bonds. The summed E-state index contributed by atoms with van der Waals surface area (Å²) >= 11 is 9.22. The molecule has 0 atom stereocenters. The van der Waals surface area contributed by atoms with Gasteiger partial charge in [0.1, 0.15) is 11.4 Å². The first-order valence-corrected chi connectivity index (χ1v) is 5.13. The van der Waals surface area contributed by atoms with E-state index in [-0.39, 0.29) is 5.41 Å². The van der Waals surface area contributed by atoms with Crippen LogP contribution in [0.5, 0.6) is 0 Å². The highest BCUT2D eigenvalue weighted by atomic mass is 79.9. The maximum atomic E-state index is 10.9. The molecule has 0 aromatic carbocycles. The molecule has 0 radical (unpaired) electrons. The number of nitrogens with zero attached hydrogens (tertiary/aromatic N) is 1. The average molecular weight is 261 g/mol. The summed E-state index contributed by atoms with van der Waals surface area (Å²) in [6.45, 7) is 0. The second-order valence-corrected chi connectivity index (χ2v) is 4.54. The van der Waals surface area contributed by atoms with Gasteiger partial charge in [0.05, 0.1) is 5.41 Å². The lowest BCUT2D eigenvalue weighted by molar-refractivity contribution is -0.109. The average Bonchev–Trinajstić information content (AvgIpc) is 2.90. The maximum absolute atomic E-state index is 10.9. The van der Waals surface area contributed by atoms with Crippen molar-refractivity contribution in [2.45, 2.75) is 18.3 Å². The Hall–Kier alpha value is -0.410. The molecule has 1 aliphatic rings. The van der Waals surface area contributed by atoms with Gasteiger partial charge in [-0.15, -0.1) is 0 Å². The summed E-state index contributed by atoms with van der Waals surface area (Å²) < 4.78 is 0.861. The van der Waals surface area contributed by atoms with E-state index < -0.39 is 0 Å². The molecule has 0 unspecified atom stereocenters. The quantitative estimate of drug-likeness (QED) is 0.604. The molecule has 2 nitrogen and oxygen atoms in total. The maximum Gasteiger partial charge on any atom is 0.133 e. The number of aldehydes is 1. The minimum atomic E-state index is -0.339. The lowest BCUT2D eigenvalue weighted by atomic mass is 10.0. The van der Waals surface area contributed by atoms with E-state index in [1.807, 2.05) is 6.07 Å². The highest BCUT2D eigenvalue weighted by molar-refractivity contribution is 9.10. The minimum Gasteiger partial charge on any atom is -0.302 e. The molecular formula is C9H7BrClNO. The predicted molar refractivity (Wildman–Crippen MR) is 53.9 cm³/mol. The Morgan fingerprint density at radius 3 is 2.85 bits per heavy atom. The van der Waals surface area contributed by atoms with Gasteiger partial charge in [-0.1, -0.05) is 11.6 Å². The summed E-state index contributed by atoms with van der Waals surface area (Å²) in [5, 5.41) is 0.438. The van der Waals surface area contributed by atoms with Gasteiger partial charge in [0.15, 0.2) is 0 Å². The molecule has 0 bridgehead atoms. The molecule has 0 aliphatic heterocycles. The standard InChI is InChI=1S/C9H7BrClNO/c10-6-3-7(8(11)12-4-6)9(5-13)1-2-9/h3-5H,1-2H2. The monoisotopic (exact) mass is 259 g/mol. The van der Waals surface area contributed by atoms with Gasteiger partial charge in [0.2, 0.25) is 0 Å². The number of carbonyl (C=O) groups is 1. The van der Waals surface area contributed by atoms with Crippen LogP contribution in [0.2, 0.25) is 5.15 Å². The van der Waals surface area contributed by atoms with Crippen LogP contribution in [0.3, 0.4) is 0 Å². The SMILES string of the molecule is O=CC1(c2cc(Br)cnc2Cl)CC1. The zero-order chi connectivity index (χ0) is 9.47. The summed E-state index contributed by atoms with van der Waals surface area (Å²) in [6, 6.07) is 1.87. The van der Waals surface area contributed by atoms with E-state index in [1.165, 1.54) is 0 Å². The van der Waals surface area contributed by atoms with E-state index >= 15 is 0 Å². The summed E-state index contributed by atoms with van der Waals surface area (Å²) in [5.74, 6) is 0. The second kappa shape index (κ2) is 3.07. The van der Waals surface area contributed by atoms with Crippen molar-refractivity contribution >= 4 is 33.8 Å². The van der Waals surface area contributed by atoms with Crippen molar-refractivity contribution in [3.63, 3.8) is 0 Å². The molecule has 1 aromatic rings. The summed E-state index contributed by atoms with van der Waals surface area (Å²) in [6.07, 6.45) is 4.37. The number of rotatable bonds is 2. The van der Waals surface area contributed by atoms with Crippen LogP contribution in [0.4, 0.5) is 0 Å². The Kier molecular flexibility index (Phi) is 2.16. The van der Waals surface area contributed by atoms with E-state index in [1.54, 1.807) is 6.20 Å². The van der Waals surface area contributed by atoms with Crippen LogP contribution in [0.25, 0.3) is 0 Å². The number of hydrogen-bond donors (Lipinski definition) is 0. The van der Waals surface area contributed by atoms with Crippen LogP contribution in [0.15, 0.2) is 16.7 Å². The Labute approximate surface area is 89.4 Å². The van der Waals surface area contributed by atoms with Crippen molar-refractivity contribution in [1.82, 2.24) is 4.98 Å². The van der Waals surface area contributed by atoms with Crippen molar-refractivity contribution in [3.8, 4) is 0 Å². The lowest BCUT2D eigenvalue weighted by Crippen LogP contribution is -2.09. The minimum absolute atomic E-state index is 0.339. The first-order valence-electron chi connectivity index (χ1n) is 3.96. The highest BCUT2D eigenvalue weighted by Crippen LogP contribution is 2.48. The van der Waals surface area contributed by atoms with Crippen molar-refractivity contribution < 1.29 is 4.79 Å². The highest BCUT2D eigenvalue weighted by Gasteiger charge is 2.46. The van der Waals surface area contributed by atoms with Gasteiger partial charge in [-0.05, 0) is 34.8 Å². The summed E-state index contributed by atoms with van der Waals surface area (Å²) in [7, 11) is 0. The van der Waals surface area contributed by atoms with Crippen molar-refractivity contribution in [2.75, 3.05) is 0 Å². The fraction of sp³-hybridized carbons (Fsp3) is 0.333. The van der Waals surface area contributed by atoms with Gasteiger partial charge in [0, 0.05) is 16.2 Å². The van der Waals surface area contributed by atoms with Gasteiger partial charge in [-0.3, -0.25) is 0 Å².